The van der Waals surface area contributed by atoms with E-state index in [0.29, 0.717) is 28.4 Å². The van der Waals surface area contributed by atoms with E-state index in [1.807, 2.05) is 0 Å². The van der Waals surface area contributed by atoms with Crippen molar-refractivity contribution >= 4 is 34.8 Å². The second-order valence-electron chi connectivity index (χ2n) is 5.31. The summed E-state index contributed by atoms with van der Waals surface area (Å²) in [6.45, 7) is 2.80. The largest absolute Gasteiger partial charge is 0.495 e. The molecule has 0 atom stereocenters. The van der Waals surface area contributed by atoms with Gasteiger partial charge in [0.15, 0.2) is 0 Å². The van der Waals surface area contributed by atoms with Gasteiger partial charge in [0.25, 0.3) is 5.91 Å². The van der Waals surface area contributed by atoms with E-state index >= 15 is 0 Å². The average Bonchev–Trinajstić information content (AvgIpc) is 2.54. The summed E-state index contributed by atoms with van der Waals surface area (Å²) < 4.78 is 5.17. The number of methoxy groups -OCH3 is 1. The zero-order chi connectivity index (χ0) is 18.4. The van der Waals surface area contributed by atoms with E-state index in [0.717, 1.165) is 0 Å². The lowest BCUT2D eigenvalue weighted by Crippen LogP contribution is -2.13. The molecule has 0 spiro atoms. The second kappa shape index (κ2) is 7.96. The smallest absolute Gasteiger partial charge is 0.255 e. The third-order valence-electron chi connectivity index (χ3n) is 3.24. The van der Waals surface area contributed by atoms with Crippen LogP contribution in [0, 0.1) is 0 Å². The Labute approximate surface area is 145 Å². The van der Waals surface area contributed by atoms with Gasteiger partial charge in [0.1, 0.15) is 5.75 Å². The molecule has 2 aromatic carbocycles. The third kappa shape index (κ3) is 5.07. The van der Waals surface area contributed by atoms with Crippen molar-refractivity contribution in [2.75, 3.05) is 23.1 Å². The van der Waals surface area contributed by atoms with Gasteiger partial charge in [-0.2, -0.15) is 0 Å². The van der Waals surface area contributed by atoms with Crippen LogP contribution in [0.5, 0.6) is 5.75 Å². The maximum Gasteiger partial charge on any atom is 0.255 e. The van der Waals surface area contributed by atoms with Crippen LogP contribution in [0.2, 0.25) is 0 Å². The number of carbonyl (C=O) groups is 3. The number of ether oxygens (including phenoxy) is 1. The van der Waals surface area contributed by atoms with E-state index in [1.54, 1.807) is 42.5 Å². The zero-order valence-electron chi connectivity index (χ0n) is 14.2. The van der Waals surface area contributed by atoms with E-state index in [1.165, 1.54) is 21.0 Å². The van der Waals surface area contributed by atoms with Crippen molar-refractivity contribution in [1.29, 1.82) is 0 Å². The van der Waals surface area contributed by atoms with Crippen LogP contribution in [0.25, 0.3) is 0 Å². The van der Waals surface area contributed by atoms with Crippen LogP contribution >= 0.6 is 0 Å². The monoisotopic (exact) mass is 341 g/mol. The molecule has 0 radical (unpaired) electrons. The first-order valence-corrected chi connectivity index (χ1v) is 7.53. The van der Waals surface area contributed by atoms with Crippen LogP contribution in [0.15, 0.2) is 42.5 Å². The number of nitrogens with one attached hydrogen (secondary N) is 3. The minimum absolute atomic E-state index is 0.180. The van der Waals surface area contributed by atoms with Crippen molar-refractivity contribution in [1.82, 2.24) is 0 Å². The fourth-order valence-corrected chi connectivity index (χ4v) is 2.18. The van der Waals surface area contributed by atoms with Gasteiger partial charge in [-0.1, -0.05) is 0 Å². The van der Waals surface area contributed by atoms with Gasteiger partial charge in [-0.05, 0) is 42.5 Å². The third-order valence-corrected chi connectivity index (χ3v) is 3.24. The summed E-state index contributed by atoms with van der Waals surface area (Å²) in [4.78, 5) is 34.6. The lowest BCUT2D eigenvalue weighted by atomic mass is 10.2. The van der Waals surface area contributed by atoms with Gasteiger partial charge in [0, 0.05) is 30.8 Å². The van der Waals surface area contributed by atoms with Crippen LogP contribution in [-0.2, 0) is 9.59 Å². The number of hydrogen-bond donors (Lipinski definition) is 3. The number of rotatable bonds is 5. The predicted octanol–water partition coefficient (Wildman–Crippen LogP) is 2.86. The Bertz CT molecular complexity index is 800. The first-order valence-electron chi connectivity index (χ1n) is 7.53. The molecule has 0 aliphatic rings. The van der Waals surface area contributed by atoms with Gasteiger partial charge in [-0.3, -0.25) is 14.4 Å². The SMILES string of the molecule is COc1ccc(NC(=O)c2ccc(NC(C)=O)cc2)cc1NC(C)=O. The average molecular weight is 341 g/mol. The van der Waals surface area contributed by atoms with E-state index in [9.17, 15) is 14.4 Å². The number of carbonyl (C=O) groups excluding carboxylic acids is 3. The second-order valence-corrected chi connectivity index (χ2v) is 5.31. The van der Waals surface area contributed by atoms with Crippen LogP contribution in [0.4, 0.5) is 17.1 Å². The predicted molar refractivity (Wildman–Crippen MR) is 96.0 cm³/mol. The molecule has 0 saturated heterocycles. The molecule has 0 aliphatic heterocycles. The molecule has 130 valence electrons. The van der Waals surface area contributed by atoms with Crippen LogP contribution in [-0.4, -0.2) is 24.8 Å². The van der Waals surface area contributed by atoms with Crippen molar-refractivity contribution < 1.29 is 19.1 Å². The molecule has 25 heavy (non-hydrogen) atoms. The Morgan fingerprint density at radius 3 is 1.96 bits per heavy atom. The minimum atomic E-state index is -0.312. The number of hydrogen-bond acceptors (Lipinski definition) is 4. The molecule has 0 unspecified atom stereocenters. The van der Waals surface area contributed by atoms with E-state index < -0.39 is 0 Å². The van der Waals surface area contributed by atoms with E-state index in [-0.39, 0.29) is 17.7 Å². The molecular weight excluding hydrogens is 322 g/mol. The Kier molecular flexibility index (Phi) is 5.73. The van der Waals surface area contributed by atoms with Gasteiger partial charge in [0.2, 0.25) is 11.8 Å². The first kappa shape index (κ1) is 18.0. The summed E-state index contributed by atoms with van der Waals surface area (Å²) in [6, 6.07) is 11.5. The van der Waals surface area contributed by atoms with Crippen molar-refractivity contribution in [2.24, 2.45) is 0 Å². The fraction of sp³-hybridized carbons (Fsp3) is 0.167. The minimum Gasteiger partial charge on any atom is -0.495 e. The topological polar surface area (TPSA) is 96.5 Å². The van der Waals surface area contributed by atoms with Gasteiger partial charge in [-0.15, -0.1) is 0 Å². The molecule has 0 heterocycles. The number of benzene rings is 2. The number of amides is 3. The molecule has 7 nitrogen and oxygen atoms in total. The molecule has 0 aliphatic carbocycles. The Morgan fingerprint density at radius 1 is 0.800 bits per heavy atom. The highest BCUT2D eigenvalue weighted by atomic mass is 16.5. The standard InChI is InChI=1S/C18H19N3O4/c1-11(22)19-14-6-4-13(5-7-14)18(24)21-15-8-9-17(25-3)16(10-15)20-12(2)23/h4-10H,1-3H3,(H,19,22)(H,20,23)(H,21,24). The number of anilines is 3. The Morgan fingerprint density at radius 2 is 1.40 bits per heavy atom. The van der Waals surface area contributed by atoms with Crippen molar-refractivity contribution in [3.63, 3.8) is 0 Å². The molecule has 7 heteroatoms. The molecule has 0 fully saturated rings. The van der Waals surface area contributed by atoms with Gasteiger partial charge in [0.05, 0.1) is 12.8 Å². The lowest BCUT2D eigenvalue weighted by molar-refractivity contribution is -0.115. The maximum absolute atomic E-state index is 12.3. The summed E-state index contributed by atoms with van der Waals surface area (Å²) in [7, 11) is 1.50. The molecular formula is C18H19N3O4. The van der Waals surface area contributed by atoms with Gasteiger partial charge >= 0.3 is 0 Å². The highest BCUT2D eigenvalue weighted by Gasteiger charge is 2.10. The fourth-order valence-electron chi connectivity index (χ4n) is 2.18. The first-order chi connectivity index (χ1) is 11.9. The van der Waals surface area contributed by atoms with Gasteiger partial charge in [-0.25, -0.2) is 0 Å². The van der Waals surface area contributed by atoms with Crippen molar-refractivity contribution in [3.8, 4) is 5.75 Å². The summed E-state index contributed by atoms with van der Waals surface area (Å²) in [5.74, 6) is -0.238. The molecule has 2 rings (SSSR count). The summed E-state index contributed by atoms with van der Waals surface area (Å²) in [6.07, 6.45) is 0. The summed E-state index contributed by atoms with van der Waals surface area (Å²) in [5.41, 5.74) is 2.03. The van der Waals surface area contributed by atoms with Crippen molar-refractivity contribution in [2.45, 2.75) is 13.8 Å². The lowest BCUT2D eigenvalue weighted by Gasteiger charge is -2.12. The molecule has 3 amide bonds. The van der Waals surface area contributed by atoms with E-state index in [2.05, 4.69) is 16.0 Å². The molecule has 0 bridgehead atoms. The van der Waals surface area contributed by atoms with Crippen LogP contribution in [0.1, 0.15) is 24.2 Å². The van der Waals surface area contributed by atoms with E-state index in [4.69, 9.17) is 4.74 Å². The quantitative estimate of drug-likeness (QED) is 0.779. The van der Waals surface area contributed by atoms with Gasteiger partial charge < -0.3 is 20.7 Å². The van der Waals surface area contributed by atoms with Crippen LogP contribution < -0.4 is 20.7 Å². The van der Waals surface area contributed by atoms with Crippen molar-refractivity contribution in [3.05, 3.63) is 48.0 Å². The Hall–Kier alpha value is -3.35. The molecule has 0 saturated carbocycles. The summed E-state index contributed by atoms with van der Waals surface area (Å²) >= 11 is 0. The normalized spacial score (nSPS) is 9.88. The zero-order valence-corrected chi connectivity index (χ0v) is 14.2. The molecule has 2 aromatic rings. The molecule has 0 aromatic heterocycles. The Balaban J connectivity index is 2.14. The molecule has 3 N–H and O–H groups in total. The maximum atomic E-state index is 12.3. The summed E-state index contributed by atoms with van der Waals surface area (Å²) in [5, 5.41) is 8.03. The highest BCUT2D eigenvalue weighted by Crippen LogP contribution is 2.28. The van der Waals surface area contributed by atoms with Crippen LogP contribution in [0.3, 0.4) is 0 Å². The highest BCUT2D eigenvalue weighted by molar-refractivity contribution is 6.05.